The molecule has 2 N–H and O–H groups in total. The molecule has 20 heavy (non-hydrogen) atoms. The van der Waals surface area contributed by atoms with Crippen LogP contribution in [0.5, 0.6) is 0 Å². The molecule has 0 fully saturated rings. The molecule has 1 aliphatic carbocycles. The molecule has 2 atom stereocenters. The zero-order chi connectivity index (χ0) is 14.4. The molecule has 1 aliphatic rings. The van der Waals surface area contributed by atoms with E-state index in [0.717, 1.165) is 12.1 Å². The molecule has 2 heteroatoms. The number of aliphatic hydroxyl groups is 1. The van der Waals surface area contributed by atoms with Crippen molar-refractivity contribution in [3.05, 3.63) is 34.9 Å². The van der Waals surface area contributed by atoms with Crippen molar-refractivity contribution in [2.75, 3.05) is 6.54 Å². The Kier molecular flexibility index (Phi) is 6.06. The minimum Gasteiger partial charge on any atom is -0.387 e. The van der Waals surface area contributed by atoms with Gasteiger partial charge >= 0.3 is 0 Å². The first kappa shape index (κ1) is 15.5. The third kappa shape index (κ3) is 4.07. The molecule has 1 aromatic carbocycles. The predicted octanol–water partition coefficient (Wildman–Crippen LogP) is 3.77. The maximum atomic E-state index is 10.5. The number of unbranched alkanes of at least 4 members (excludes halogenated alkanes) is 3. The van der Waals surface area contributed by atoms with Crippen molar-refractivity contribution in [3.8, 4) is 0 Å². The fourth-order valence-electron chi connectivity index (χ4n) is 3.06. The van der Waals surface area contributed by atoms with Gasteiger partial charge in [0.05, 0.1) is 6.10 Å². The van der Waals surface area contributed by atoms with Gasteiger partial charge in [-0.3, -0.25) is 0 Å². The highest BCUT2D eigenvalue weighted by atomic mass is 16.3. The van der Waals surface area contributed by atoms with E-state index in [4.69, 9.17) is 0 Å². The number of hydrogen-bond donors (Lipinski definition) is 2. The van der Waals surface area contributed by atoms with Gasteiger partial charge in [-0.1, -0.05) is 44.4 Å². The minimum atomic E-state index is -0.396. The van der Waals surface area contributed by atoms with Gasteiger partial charge in [0.1, 0.15) is 0 Å². The number of benzene rings is 1. The van der Waals surface area contributed by atoms with Crippen molar-refractivity contribution in [2.45, 2.75) is 70.9 Å². The number of fused-ring (bicyclic) bond motifs is 1. The number of aliphatic hydroxyl groups excluding tert-OH is 1. The van der Waals surface area contributed by atoms with Gasteiger partial charge in [0.15, 0.2) is 0 Å². The van der Waals surface area contributed by atoms with Crippen LogP contribution in [0.25, 0.3) is 0 Å². The molecule has 0 saturated carbocycles. The number of hydrogen-bond acceptors (Lipinski definition) is 2. The Balaban J connectivity index is 1.82. The second kappa shape index (κ2) is 7.80. The van der Waals surface area contributed by atoms with Crippen LogP contribution in [-0.2, 0) is 12.8 Å². The van der Waals surface area contributed by atoms with Crippen LogP contribution in [0.1, 0.15) is 68.7 Å². The maximum absolute atomic E-state index is 10.5. The van der Waals surface area contributed by atoms with E-state index in [0.29, 0.717) is 0 Å². The predicted molar refractivity (Wildman–Crippen MR) is 85.0 cm³/mol. The smallest absolute Gasteiger partial charge is 0.0940 e. The lowest BCUT2D eigenvalue weighted by molar-refractivity contribution is 0.136. The highest BCUT2D eigenvalue weighted by molar-refractivity contribution is 5.36. The van der Waals surface area contributed by atoms with Gasteiger partial charge in [-0.25, -0.2) is 0 Å². The van der Waals surface area contributed by atoms with Crippen molar-refractivity contribution >= 4 is 0 Å². The Labute approximate surface area is 123 Å². The lowest BCUT2D eigenvalue weighted by Gasteiger charge is -2.21. The van der Waals surface area contributed by atoms with Crippen LogP contribution in [0.15, 0.2) is 18.2 Å². The fourth-order valence-corrected chi connectivity index (χ4v) is 3.06. The molecule has 112 valence electrons. The van der Waals surface area contributed by atoms with Crippen LogP contribution in [0.2, 0.25) is 0 Å². The molecule has 0 aliphatic heterocycles. The lowest BCUT2D eigenvalue weighted by Crippen LogP contribution is -2.33. The van der Waals surface area contributed by atoms with Crippen LogP contribution >= 0.6 is 0 Å². The zero-order valence-electron chi connectivity index (χ0n) is 13.0. The van der Waals surface area contributed by atoms with Crippen molar-refractivity contribution in [2.24, 2.45) is 0 Å². The number of rotatable bonds is 8. The SMILES string of the molecule is CCCCCCNC(C)C(O)c1ccc2c(c1)CCC2. The fraction of sp³-hybridized carbons (Fsp3) is 0.667. The molecular weight excluding hydrogens is 246 g/mol. The summed E-state index contributed by atoms with van der Waals surface area (Å²) < 4.78 is 0. The molecular formula is C18H29NO. The van der Waals surface area contributed by atoms with E-state index in [-0.39, 0.29) is 6.04 Å². The van der Waals surface area contributed by atoms with Gasteiger partial charge in [0, 0.05) is 6.04 Å². The van der Waals surface area contributed by atoms with Crippen LogP contribution < -0.4 is 5.32 Å². The van der Waals surface area contributed by atoms with E-state index in [1.807, 2.05) is 0 Å². The Hall–Kier alpha value is -0.860. The first-order chi connectivity index (χ1) is 9.72. The Morgan fingerprint density at radius 3 is 2.75 bits per heavy atom. The van der Waals surface area contributed by atoms with Gasteiger partial charge in [0.25, 0.3) is 0 Å². The summed E-state index contributed by atoms with van der Waals surface area (Å²) in [7, 11) is 0. The first-order valence-electron chi connectivity index (χ1n) is 8.25. The average Bonchev–Trinajstić information content (AvgIpc) is 2.93. The highest BCUT2D eigenvalue weighted by Gasteiger charge is 2.18. The zero-order valence-corrected chi connectivity index (χ0v) is 13.0. The van der Waals surface area contributed by atoms with Gasteiger partial charge in [0.2, 0.25) is 0 Å². The van der Waals surface area contributed by atoms with E-state index in [2.05, 4.69) is 37.4 Å². The van der Waals surface area contributed by atoms with E-state index in [9.17, 15) is 5.11 Å². The second-order valence-corrected chi connectivity index (χ2v) is 6.13. The van der Waals surface area contributed by atoms with Gasteiger partial charge in [-0.15, -0.1) is 0 Å². The Morgan fingerprint density at radius 1 is 1.15 bits per heavy atom. The molecule has 0 aromatic heterocycles. The molecule has 0 heterocycles. The largest absolute Gasteiger partial charge is 0.387 e. The quantitative estimate of drug-likeness (QED) is 0.708. The van der Waals surface area contributed by atoms with Crippen LogP contribution in [0.3, 0.4) is 0 Å². The van der Waals surface area contributed by atoms with Crippen LogP contribution in [-0.4, -0.2) is 17.7 Å². The lowest BCUT2D eigenvalue weighted by atomic mass is 9.99. The number of nitrogens with one attached hydrogen (secondary N) is 1. The number of aryl methyl sites for hydroxylation is 2. The third-order valence-electron chi connectivity index (χ3n) is 4.43. The highest BCUT2D eigenvalue weighted by Crippen LogP contribution is 2.26. The van der Waals surface area contributed by atoms with E-state index < -0.39 is 6.10 Å². The van der Waals surface area contributed by atoms with Gasteiger partial charge in [-0.05, 0) is 55.8 Å². The molecule has 0 spiro atoms. The topological polar surface area (TPSA) is 32.3 Å². The molecule has 0 radical (unpaired) electrons. The average molecular weight is 275 g/mol. The minimum absolute atomic E-state index is 0.121. The summed E-state index contributed by atoms with van der Waals surface area (Å²) in [4.78, 5) is 0. The monoisotopic (exact) mass is 275 g/mol. The van der Waals surface area contributed by atoms with Crippen molar-refractivity contribution < 1.29 is 5.11 Å². The second-order valence-electron chi connectivity index (χ2n) is 6.13. The van der Waals surface area contributed by atoms with Crippen LogP contribution in [0, 0.1) is 0 Å². The summed E-state index contributed by atoms with van der Waals surface area (Å²) >= 11 is 0. The molecule has 0 bridgehead atoms. The normalized spacial score (nSPS) is 16.9. The molecule has 2 unspecified atom stereocenters. The standard InChI is InChI=1S/C18H29NO/c1-3-4-5-6-12-19-14(2)18(20)17-11-10-15-8-7-9-16(15)13-17/h10-11,13-14,18-20H,3-9,12H2,1-2H3. The Morgan fingerprint density at radius 2 is 1.95 bits per heavy atom. The summed E-state index contributed by atoms with van der Waals surface area (Å²) in [5, 5.41) is 13.9. The summed E-state index contributed by atoms with van der Waals surface area (Å²) in [6, 6.07) is 6.64. The molecule has 2 rings (SSSR count). The van der Waals surface area contributed by atoms with Gasteiger partial charge in [-0.2, -0.15) is 0 Å². The summed E-state index contributed by atoms with van der Waals surface area (Å²) in [5.41, 5.74) is 3.98. The van der Waals surface area contributed by atoms with E-state index in [1.165, 1.54) is 56.1 Å². The maximum Gasteiger partial charge on any atom is 0.0940 e. The van der Waals surface area contributed by atoms with Crippen molar-refractivity contribution in [1.29, 1.82) is 0 Å². The molecule has 0 saturated heterocycles. The first-order valence-corrected chi connectivity index (χ1v) is 8.25. The molecule has 0 amide bonds. The summed E-state index contributed by atoms with van der Waals surface area (Å²) in [6.07, 6.45) is 8.31. The third-order valence-corrected chi connectivity index (χ3v) is 4.43. The van der Waals surface area contributed by atoms with E-state index in [1.54, 1.807) is 0 Å². The summed E-state index contributed by atoms with van der Waals surface area (Å²) in [6.45, 7) is 5.31. The van der Waals surface area contributed by atoms with Crippen molar-refractivity contribution in [3.63, 3.8) is 0 Å². The van der Waals surface area contributed by atoms with Crippen molar-refractivity contribution in [1.82, 2.24) is 5.32 Å². The van der Waals surface area contributed by atoms with Gasteiger partial charge < -0.3 is 10.4 Å². The molecule has 1 aromatic rings. The summed E-state index contributed by atoms with van der Waals surface area (Å²) in [5.74, 6) is 0. The van der Waals surface area contributed by atoms with Crippen LogP contribution in [0.4, 0.5) is 0 Å². The Bertz CT molecular complexity index is 416. The molecule has 2 nitrogen and oxygen atoms in total. The van der Waals surface area contributed by atoms with E-state index >= 15 is 0 Å².